The molecule has 2 bridgehead atoms. The molecule has 6 heterocycles. The Kier molecular flexibility index (Phi) is 13.4. The number of ether oxygens (including phenoxy) is 4. The minimum Gasteiger partial charge on any atom is -0.468 e. The fourth-order valence-corrected chi connectivity index (χ4v) is 16.9. The number of amides is 1. The number of nitrogens with zero attached hydrogens (tertiary/aromatic N) is 6. The number of hydrogen-bond donors (Lipinski definition) is 0. The molecule has 2 unspecified atom stereocenters. The lowest BCUT2D eigenvalue weighted by atomic mass is 9.95. The Labute approximate surface area is 418 Å². The average molecular weight is 981 g/mol. The number of hydrogen-bond acceptors (Lipinski definition) is 11. The third kappa shape index (κ3) is 9.14. The lowest BCUT2D eigenvalue weighted by molar-refractivity contribution is 0.0122. The minimum absolute atomic E-state index is 0.0417. The van der Waals surface area contributed by atoms with Crippen LogP contribution in [-0.2, 0) is 20.3 Å². The number of methoxy groups -OCH3 is 1. The Balaban J connectivity index is 0.999. The van der Waals surface area contributed by atoms with E-state index in [1.165, 1.54) is 10.4 Å². The maximum Gasteiger partial charge on any atom is 0.410 e. The first kappa shape index (κ1) is 48.9. The summed E-state index contributed by atoms with van der Waals surface area (Å²) in [5.41, 5.74) is 1.09. The van der Waals surface area contributed by atoms with Gasteiger partial charge in [-0.1, -0.05) is 107 Å². The van der Waals surface area contributed by atoms with Gasteiger partial charge in [-0.3, -0.25) is 14.8 Å². The van der Waals surface area contributed by atoms with Crippen LogP contribution >= 0.6 is 0 Å². The van der Waals surface area contributed by atoms with Gasteiger partial charge in [-0.15, -0.1) is 0 Å². The van der Waals surface area contributed by atoms with E-state index >= 15 is 4.39 Å². The van der Waals surface area contributed by atoms with Gasteiger partial charge in [-0.05, 0) is 116 Å². The molecule has 0 radical (unpaired) electrons. The first-order valence-electron chi connectivity index (χ1n) is 25.6. The number of carbonyl (C=O) groups is 1. The van der Waals surface area contributed by atoms with E-state index in [-0.39, 0.29) is 58.8 Å². The highest BCUT2D eigenvalue weighted by Gasteiger charge is 2.54. The molecule has 4 fully saturated rings. The molecule has 0 saturated carbocycles. The van der Waals surface area contributed by atoms with E-state index in [0.717, 1.165) is 67.8 Å². The lowest BCUT2D eigenvalue weighted by Gasteiger charge is -2.44. The summed E-state index contributed by atoms with van der Waals surface area (Å²) < 4.78 is 49.3. The fourth-order valence-electron chi connectivity index (χ4n) is 12.3. The normalized spacial score (nSPS) is 21.6. The molecular formula is C57H69FN6O6Si. The number of fused-ring (bicyclic) bond motifs is 5. The van der Waals surface area contributed by atoms with Crippen molar-refractivity contribution >= 4 is 52.3 Å². The van der Waals surface area contributed by atoms with Crippen LogP contribution in [0.5, 0.6) is 11.8 Å². The van der Waals surface area contributed by atoms with Gasteiger partial charge in [0, 0.05) is 38.0 Å². The number of benzene rings is 4. The molecule has 14 heteroatoms. The maximum absolute atomic E-state index is 17.9. The van der Waals surface area contributed by atoms with Crippen molar-refractivity contribution in [3.8, 4) is 23.0 Å². The van der Waals surface area contributed by atoms with Crippen LogP contribution in [-0.4, -0.2) is 115 Å². The third-order valence-electron chi connectivity index (χ3n) is 15.5. The molecule has 4 aliphatic heterocycles. The predicted molar refractivity (Wildman–Crippen MR) is 280 cm³/mol. The van der Waals surface area contributed by atoms with E-state index in [9.17, 15) is 4.79 Å². The number of anilines is 1. The van der Waals surface area contributed by atoms with Crippen molar-refractivity contribution in [1.29, 1.82) is 0 Å². The molecule has 71 heavy (non-hydrogen) atoms. The summed E-state index contributed by atoms with van der Waals surface area (Å²) in [5.74, 6) is 0.523. The molecule has 6 aromatic rings. The molecule has 4 saturated heterocycles. The second-order valence-electron chi connectivity index (χ2n) is 22.1. The van der Waals surface area contributed by atoms with Crippen LogP contribution < -0.4 is 24.7 Å². The second kappa shape index (κ2) is 19.4. The van der Waals surface area contributed by atoms with Crippen molar-refractivity contribution in [3.05, 3.63) is 109 Å². The second-order valence-corrected chi connectivity index (χ2v) is 26.4. The van der Waals surface area contributed by atoms with E-state index in [4.69, 9.17) is 38.3 Å². The topological polar surface area (TPSA) is 112 Å². The summed E-state index contributed by atoms with van der Waals surface area (Å²) in [7, 11) is -1.19. The van der Waals surface area contributed by atoms with E-state index in [0.29, 0.717) is 48.8 Å². The zero-order chi connectivity index (χ0) is 49.7. The Morgan fingerprint density at radius 1 is 0.859 bits per heavy atom. The van der Waals surface area contributed by atoms with Gasteiger partial charge in [0.15, 0.2) is 12.6 Å². The molecule has 4 aliphatic rings. The van der Waals surface area contributed by atoms with Gasteiger partial charge in [-0.25, -0.2) is 9.18 Å². The highest BCUT2D eigenvalue weighted by Crippen LogP contribution is 2.46. The summed E-state index contributed by atoms with van der Waals surface area (Å²) in [5, 5.41) is 4.70. The summed E-state index contributed by atoms with van der Waals surface area (Å²) in [4.78, 5) is 35.2. The zero-order valence-electron chi connectivity index (χ0n) is 42.7. The van der Waals surface area contributed by atoms with Gasteiger partial charge in [0.05, 0.1) is 29.6 Å². The third-order valence-corrected chi connectivity index (χ3v) is 20.5. The first-order chi connectivity index (χ1) is 34.1. The number of piperazine rings is 1. The van der Waals surface area contributed by atoms with Crippen LogP contribution in [0.25, 0.3) is 32.9 Å². The maximum atomic E-state index is 17.9. The molecule has 4 aromatic carbocycles. The number of halogens is 1. The number of aromatic nitrogens is 3. The quantitative estimate of drug-likeness (QED) is 0.0768. The SMILES string of the molecule is CCc1cccc2cc(OCOC)cc(-c3ncc4c(N5CC6CCC(C5)N6C(=O)OC(C)(C)C)nc(OC[C@]56CCCN5[C@H](CO[Si](c5ccccc5)(c5ccccc5)C(C)(C)C)CC6)nc4c3F)c12. The van der Waals surface area contributed by atoms with Gasteiger partial charge < -0.3 is 28.3 Å². The van der Waals surface area contributed by atoms with Gasteiger partial charge in [0.25, 0.3) is 8.32 Å². The summed E-state index contributed by atoms with van der Waals surface area (Å²) in [6, 6.07) is 31.7. The van der Waals surface area contributed by atoms with Gasteiger partial charge in [0.1, 0.15) is 35.0 Å². The largest absolute Gasteiger partial charge is 0.468 e. The van der Waals surface area contributed by atoms with Crippen molar-refractivity contribution in [2.75, 3.05) is 51.7 Å². The van der Waals surface area contributed by atoms with Gasteiger partial charge >= 0.3 is 12.1 Å². The van der Waals surface area contributed by atoms with Crippen LogP contribution in [0.2, 0.25) is 5.04 Å². The van der Waals surface area contributed by atoms with Crippen molar-refractivity contribution < 1.29 is 32.6 Å². The highest BCUT2D eigenvalue weighted by molar-refractivity contribution is 6.99. The number of aryl methyl sites for hydroxylation is 1. The summed E-state index contributed by atoms with van der Waals surface area (Å²) in [6.45, 7) is 17.7. The molecule has 10 rings (SSSR count). The molecular weight excluding hydrogens is 912 g/mol. The van der Waals surface area contributed by atoms with Crippen LogP contribution in [0, 0.1) is 5.82 Å². The lowest BCUT2D eigenvalue weighted by Crippen LogP contribution is -2.67. The van der Waals surface area contributed by atoms with Gasteiger partial charge in [-0.2, -0.15) is 9.97 Å². The van der Waals surface area contributed by atoms with Crippen molar-refractivity contribution in [2.45, 2.75) is 128 Å². The number of pyridine rings is 1. The van der Waals surface area contributed by atoms with E-state index < -0.39 is 19.7 Å². The molecule has 2 aromatic heterocycles. The van der Waals surface area contributed by atoms with E-state index in [1.54, 1.807) is 13.3 Å². The van der Waals surface area contributed by atoms with E-state index in [2.05, 4.69) is 104 Å². The molecule has 374 valence electrons. The Hall–Kier alpha value is -5.67. The molecule has 0 spiro atoms. The minimum atomic E-state index is -2.76. The zero-order valence-corrected chi connectivity index (χ0v) is 43.7. The molecule has 0 N–H and O–H groups in total. The van der Waals surface area contributed by atoms with Gasteiger partial charge in [0.2, 0.25) is 0 Å². The van der Waals surface area contributed by atoms with Crippen molar-refractivity contribution in [3.63, 3.8) is 0 Å². The first-order valence-corrected chi connectivity index (χ1v) is 27.5. The van der Waals surface area contributed by atoms with Crippen molar-refractivity contribution in [1.82, 2.24) is 24.8 Å². The smallest absolute Gasteiger partial charge is 0.410 e. The fraction of sp³-hybridized carbons (Fsp3) is 0.474. The Morgan fingerprint density at radius 2 is 1.56 bits per heavy atom. The average Bonchev–Trinajstić information content (AvgIpc) is 4.01. The van der Waals surface area contributed by atoms with Crippen LogP contribution in [0.15, 0.2) is 97.2 Å². The molecule has 12 nitrogen and oxygen atoms in total. The van der Waals surface area contributed by atoms with Crippen LogP contribution in [0.1, 0.15) is 92.6 Å². The number of carbonyl (C=O) groups excluding carboxylic acids is 1. The van der Waals surface area contributed by atoms with E-state index in [1.807, 2.05) is 49.9 Å². The molecule has 4 atom stereocenters. The summed E-state index contributed by atoms with van der Waals surface area (Å²) in [6.07, 6.45) is 7.72. The monoisotopic (exact) mass is 981 g/mol. The van der Waals surface area contributed by atoms with Crippen molar-refractivity contribution in [2.24, 2.45) is 0 Å². The number of rotatable bonds is 14. The van der Waals surface area contributed by atoms with Crippen LogP contribution in [0.3, 0.4) is 0 Å². The predicted octanol–water partition coefficient (Wildman–Crippen LogP) is 10.1. The summed E-state index contributed by atoms with van der Waals surface area (Å²) >= 11 is 0. The highest BCUT2D eigenvalue weighted by atomic mass is 28.4. The molecule has 0 aliphatic carbocycles. The molecule has 1 amide bonds. The Bertz CT molecular complexity index is 2840. The Morgan fingerprint density at radius 3 is 2.21 bits per heavy atom. The standard InChI is InChI=1S/C57H69FN6O6Si/c1-9-38-18-16-19-39-30-43(68-37-66-8)31-46(48(38)39)50-49(58)51-47(32-59-50)52(62-33-40-24-25-41(34-62)64(40)54(65)70-55(2,3)4)61-53(60-51)67-36-57-27-17-29-63(57)42(26-28-57)35-69-71(56(5,6)7,44-20-12-10-13-21-44)45-22-14-11-15-23-45/h10-16,18-23,30-32,40-42H,9,17,24-29,33-37H2,1-8H3/t40?,41?,42-,57+/m0/s1. The van der Waals surface area contributed by atoms with Crippen LogP contribution in [0.4, 0.5) is 15.0 Å².